The highest BCUT2D eigenvalue weighted by Gasteiger charge is 2.45. The van der Waals surface area contributed by atoms with Gasteiger partial charge in [0.2, 0.25) is 26.6 Å². The van der Waals surface area contributed by atoms with Crippen LogP contribution in [0.4, 0.5) is 0 Å². The number of rotatable bonds is 3. The van der Waals surface area contributed by atoms with Crippen molar-refractivity contribution in [2.45, 2.75) is 6.55 Å². The predicted molar refractivity (Wildman–Crippen MR) is 75.2 cm³/mol. The predicted octanol–water partition coefficient (Wildman–Crippen LogP) is 0.142. The Hall–Kier alpha value is -0.249. The first-order chi connectivity index (χ1) is 7.01. The van der Waals surface area contributed by atoms with Gasteiger partial charge in [-0.3, -0.25) is 0 Å². The van der Waals surface area contributed by atoms with Crippen molar-refractivity contribution in [2.24, 2.45) is 0 Å². The summed E-state index contributed by atoms with van der Waals surface area (Å²) in [5.74, 6) is 0. The van der Waals surface area contributed by atoms with E-state index in [2.05, 4.69) is 70.6 Å². The molecule has 2 unspecified atom stereocenters. The molecule has 0 spiro atoms. The molecule has 0 amide bonds. The lowest BCUT2D eigenvalue weighted by atomic mass is 11.3. The van der Waals surface area contributed by atoms with Crippen molar-refractivity contribution in [1.82, 2.24) is 13.1 Å². The molecule has 0 bridgehead atoms. The van der Waals surface area contributed by atoms with Crippen LogP contribution in [0.5, 0.6) is 0 Å². The maximum atomic E-state index is 4.02. The van der Waals surface area contributed by atoms with Crippen LogP contribution in [0.25, 0.3) is 0 Å². The van der Waals surface area contributed by atoms with Gasteiger partial charge in [0.05, 0.1) is 0 Å². The normalized spacial score (nSPS) is 38.6. The summed E-state index contributed by atoms with van der Waals surface area (Å²) in [5.41, 5.74) is 6.36. The minimum Gasteiger partial charge on any atom is -0.334 e. The van der Waals surface area contributed by atoms with E-state index in [4.69, 9.17) is 0 Å². The summed E-state index contributed by atoms with van der Waals surface area (Å²) >= 11 is 0. The lowest BCUT2D eigenvalue weighted by Crippen LogP contribution is -2.79. The van der Waals surface area contributed by atoms with Gasteiger partial charge in [-0.1, -0.05) is 17.1 Å². The molecule has 3 nitrogen and oxygen atoms in total. The second-order valence-electron chi connectivity index (χ2n) is 4.05. The standard InChI is InChI=1S/C9H21N3Si3/c1-7-13-10-14(8-2)12(5)15(6,9-3)11(13)4/h7-10,13-14H,1-3H2,4-6H3. The van der Waals surface area contributed by atoms with Gasteiger partial charge in [-0.25, -0.2) is 0 Å². The van der Waals surface area contributed by atoms with Gasteiger partial charge < -0.3 is 13.1 Å². The summed E-state index contributed by atoms with van der Waals surface area (Å²) in [7, 11) is 0.421. The summed E-state index contributed by atoms with van der Waals surface area (Å²) in [6.07, 6.45) is 0. The maximum Gasteiger partial charge on any atom is 0.216 e. The average Bonchev–Trinajstić information content (AvgIpc) is 2.26. The third-order valence-electron chi connectivity index (χ3n) is 3.44. The van der Waals surface area contributed by atoms with Crippen molar-refractivity contribution < 1.29 is 0 Å². The molecule has 0 aromatic carbocycles. The molecule has 1 saturated heterocycles. The quantitative estimate of drug-likeness (QED) is 0.724. The van der Waals surface area contributed by atoms with Gasteiger partial charge in [-0.15, -0.1) is 19.7 Å². The van der Waals surface area contributed by atoms with Crippen LogP contribution in [0.1, 0.15) is 0 Å². The zero-order valence-corrected chi connectivity index (χ0v) is 13.2. The molecule has 1 heterocycles. The first-order valence-electron chi connectivity index (χ1n) is 5.12. The Bertz CT molecular complexity index is 262. The second kappa shape index (κ2) is 4.73. The molecule has 0 aliphatic carbocycles. The Morgan fingerprint density at radius 3 is 1.73 bits per heavy atom. The van der Waals surface area contributed by atoms with Crippen molar-refractivity contribution in [3.63, 3.8) is 0 Å². The average molecular weight is 256 g/mol. The largest absolute Gasteiger partial charge is 0.334 e. The van der Waals surface area contributed by atoms with E-state index < -0.39 is 26.6 Å². The molecular formula is C9H21N3Si3. The maximum absolute atomic E-state index is 4.02. The van der Waals surface area contributed by atoms with E-state index in [1.165, 1.54) is 0 Å². The molecule has 1 aliphatic rings. The zero-order valence-electron chi connectivity index (χ0n) is 9.90. The molecule has 15 heavy (non-hydrogen) atoms. The van der Waals surface area contributed by atoms with Crippen LogP contribution in [0.15, 0.2) is 36.8 Å². The summed E-state index contributed by atoms with van der Waals surface area (Å²) in [5, 5.41) is 0. The van der Waals surface area contributed by atoms with Crippen molar-refractivity contribution in [1.29, 1.82) is 0 Å². The van der Waals surface area contributed by atoms with E-state index in [-0.39, 0.29) is 0 Å². The van der Waals surface area contributed by atoms with Crippen molar-refractivity contribution in [3.8, 4) is 0 Å². The van der Waals surface area contributed by atoms with Gasteiger partial charge in [0, 0.05) is 0 Å². The number of nitrogens with zero attached hydrogens (tertiary/aromatic N) is 2. The van der Waals surface area contributed by atoms with E-state index in [1.54, 1.807) is 0 Å². The summed E-state index contributed by atoms with van der Waals surface area (Å²) < 4.78 is 8.72. The van der Waals surface area contributed by atoms with E-state index in [0.29, 0.717) is 0 Å². The Balaban J connectivity index is 3.06. The van der Waals surface area contributed by atoms with Gasteiger partial charge in [0.25, 0.3) is 0 Å². The van der Waals surface area contributed by atoms with Crippen molar-refractivity contribution in [2.75, 3.05) is 14.1 Å². The smallest absolute Gasteiger partial charge is 0.216 e. The molecule has 1 fully saturated rings. The van der Waals surface area contributed by atoms with Crippen LogP contribution in [0.2, 0.25) is 6.55 Å². The molecule has 0 radical (unpaired) electrons. The van der Waals surface area contributed by atoms with Crippen LogP contribution < -0.4 is 4.65 Å². The monoisotopic (exact) mass is 255 g/mol. The Kier molecular flexibility index (Phi) is 4.04. The molecule has 6 heteroatoms. The lowest BCUT2D eigenvalue weighted by Gasteiger charge is -2.52. The van der Waals surface area contributed by atoms with Gasteiger partial charge >= 0.3 is 0 Å². The minimum absolute atomic E-state index is 1.17. The van der Waals surface area contributed by atoms with Gasteiger partial charge in [0.1, 0.15) is 0 Å². The fourth-order valence-corrected chi connectivity index (χ4v) is 16.5. The third kappa shape index (κ3) is 2.01. The molecule has 0 aromatic heterocycles. The van der Waals surface area contributed by atoms with Crippen molar-refractivity contribution >= 4 is 26.6 Å². The van der Waals surface area contributed by atoms with E-state index in [1.807, 2.05) is 0 Å². The highest BCUT2D eigenvalue weighted by Crippen LogP contribution is 2.20. The zero-order chi connectivity index (χ0) is 11.6. The highest BCUT2D eigenvalue weighted by molar-refractivity contribution is 6.98. The molecule has 2 atom stereocenters. The van der Waals surface area contributed by atoms with Gasteiger partial charge in [-0.05, 0) is 20.6 Å². The third-order valence-corrected chi connectivity index (χ3v) is 17.2. The first-order valence-corrected chi connectivity index (χ1v) is 11.1. The molecule has 1 N–H and O–H groups in total. The number of nitrogens with one attached hydrogen (secondary N) is 1. The molecule has 0 saturated carbocycles. The van der Waals surface area contributed by atoms with Crippen LogP contribution >= 0.6 is 0 Å². The molecule has 84 valence electrons. The summed E-state index contributed by atoms with van der Waals surface area (Å²) in [6, 6.07) is 0. The highest BCUT2D eigenvalue weighted by atomic mass is 28.5. The van der Waals surface area contributed by atoms with E-state index >= 15 is 0 Å². The second-order valence-corrected chi connectivity index (χ2v) is 14.7. The molecular weight excluding hydrogens is 234 g/mol. The summed E-state index contributed by atoms with van der Waals surface area (Å²) in [6.45, 7) is 14.2. The lowest BCUT2D eigenvalue weighted by molar-refractivity contribution is 0.618. The molecule has 0 aromatic rings. The van der Waals surface area contributed by atoms with Crippen LogP contribution in [0.3, 0.4) is 0 Å². The number of hydrogen-bond donors (Lipinski definition) is 1. The SMILES string of the molecule is C=C[SiH]1N[SiH](C=C)N(C)[Si](C)(C=C)N1C. The topological polar surface area (TPSA) is 18.5 Å². The van der Waals surface area contributed by atoms with E-state index in [0.717, 1.165) is 0 Å². The van der Waals surface area contributed by atoms with Gasteiger partial charge in [0.15, 0.2) is 0 Å². The number of hydrogen-bond acceptors (Lipinski definition) is 3. The summed E-state index contributed by atoms with van der Waals surface area (Å²) in [4.78, 5) is 0. The minimum atomic E-state index is -1.64. The molecule has 1 aliphatic heterocycles. The van der Waals surface area contributed by atoms with Crippen LogP contribution in [0, 0.1) is 0 Å². The molecule has 1 rings (SSSR count). The Morgan fingerprint density at radius 2 is 1.47 bits per heavy atom. The first kappa shape index (κ1) is 12.8. The van der Waals surface area contributed by atoms with Gasteiger partial charge in [-0.2, -0.15) is 0 Å². The van der Waals surface area contributed by atoms with E-state index in [9.17, 15) is 0 Å². The van der Waals surface area contributed by atoms with Crippen molar-refractivity contribution in [3.05, 3.63) is 36.8 Å². The fourth-order valence-electron chi connectivity index (χ4n) is 1.95. The van der Waals surface area contributed by atoms with Crippen LogP contribution in [-0.2, 0) is 0 Å². The fraction of sp³-hybridized carbons (Fsp3) is 0.333. The van der Waals surface area contributed by atoms with Crippen LogP contribution in [-0.4, -0.2) is 49.2 Å². The Labute approximate surface area is 97.5 Å². The Morgan fingerprint density at radius 1 is 1.07 bits per heavy atom.